The zero-order chi connectivity index (χ0) is 9.97. The molecule has 0 saturated heterocycles. The molecule has 0 aliphatic carbocycles. The van der Waals surface area contributed by atoms with Crippen LogP contribution in [0.5, 0.6) is 0 Å². The van der Waals surface area contributed by atoms with Crippen LogP contribution in [0.1, 0.15) is 5.69 Å². The van der Waals surface area contributed by atoms with Crippen molar-refractivity contribution in [2.24, 2.45) is 5.84 Å². The van der Waals surface area contributed by atoms with Crippen LogP contribution in [-0.2, 0) is 0 Å². The SMILES string of the molecule is Cc1ccn(-c2cc(NN)ncn2)n1. The summed E-state index contributed by atoms with van der Waals surface area (Å²) in [6.07, 6.45) is 3.26. The molecule has 2 aromatic heterocycles. The standard InChI is InChI=1S/C8H10N6/c1-6-2-3-14(13-6)8-4-7(12-9)10-5-11-8/h2-5H,9H2,1H3,(H,10,11,12). The molecule has 0 atom stereocenters. The van der Waals surface area contributed by atoms with Crippen molar-refractivity contribution in [2.75, 3.05) is 5.43 Å². The van der Waals surface area contributed by atoms with Gasteiger partial charge in [-0.2, -0.15) is 5.10 Å². The van der Waals surface area contributed by atoms with E-state index in [2.05, 4.69) is 20.5 Å². The van der Waals surface area contributed by atoms with E-state index in [1.54, 1.807) is 10.7 Å². The average molecular weight is 190 g/mol. The predicted molar refractivity (Wildman–Crippen MR) is 51.7 cm³/mol. The van der Waals surface area contributed by atoms with Crippen molar-refractivity contribution in [2.45, 2.75) is 6.92 Å². The molecule has 6 nitrogen and oxygen atoms in total. The number of hydrazine groups is 1. The lowest BCUT2D eigenvalue weighted by Gasteiger charge is -2.01. The molecule has 0 bridgehead atoms. The van der Waals surface area contributed by atoms with E-state index in [0.717, 1.165) is 5.69 Å². The first kappa shape index (κ1) is 8.64. The molecule has 0 amide bonds. The highest BCUT2D eigenvalue weighted by molar-refractivity contribution is 5.38. The molecular weight excluding hydrogens is 180 g/mol. The van der Waals surface area contributed by atoms with Crippen molar-refractivity contribution >= 4 is 5.82 Å². The Hall–Kier alpha value is -1.95. The maximum Gasteiger partial charge on any atom is 0.158 e. The summed E-state index contributed by atoms with van der Waals surface area (Å²) in [4.78, 5) is 7.97. The van der Waals surface area contributed by atoms with Gasteiger partial charge in [-0.3, -0.25) is 0 Å². The molecule has 14 heavy (non-hydrogen) atoms. The maximum absolute atomic E-state index is 5.23. The number of anilines is 1. The van der Waals surface area contributed by atoms with E-state index in [-0.39, 0.29) is 0 Å². The minimum atomic E-state index is 0.558. The van der Waals surface area contributed by atoms with Crippen LogP contribution in [0, 0.1) is 6.92 Å². The molecule has 0 radical (unpaired) electrons. The molecule has 0 aromatic carbocycles. The molecule has 0 aliphatic rings. The lowest BCUT2D eigenvalue weighted by Crippen LogP contribution is -2.10. The largest absolute Gasteiger partial charge is 0.308 e. The number of rotatable bonds is 2. The summed E-state index contributed by atoms with van der Waals surface area (Å²) in [5.74, 6) is 6.47. The zero-order valence-electron chi connectivity index (χ0n) is 7.68. The minimum absolute atomic E-state index is 0.558. The molecule has 2 aromatic rings. The van der Waals surface area contributed by atoms with Gasteiger partial charge in [0, 0.05) is 12.3 Å². The molecule has 0 saturated carbocycles. The summed E-state index contributed by atoms with van der Waals surface area (Å²) in [7, 11) is 0. The normalized spacial score (nSPS) is 10.1. The summed E-state index contributed by atoms with van der Waals surface area (Å²) in [6, 6.07) is 3.62. The maximum atomic E-state index is 5.23. The fourth-order valence-electron chi connectivity index (χ4n) is 1.09. The summed E-state index contributed by atoms with van der Waals surface area (Å²) in [5, 5.41) is 4.21. The van der Waals surface area contributed by atoms with Crippen molar-refractivity contribution in [3.8, 4) is 5.82 Å². The van der Waals surface area contributed by atoms with Crippen molar-refractivity contribution in [1.82, 2.24) is 19.7 Å². The Balaban J connectivity index is 2.41. The van der Waals surface area contributed by atoms with E-state index in [1.807, 2.05) is 19.2 Å². The zero-order valence-corrected chi connectivity index (χ0v) is 7.68. The Labute approximate surface area is 80.8 Å². The first-order chi connectivity index (χ1) is 6.79. The molecular formula is C8H10N6. The van der Waals surface area contributed by atoms with Crippen LogP contribution < -0.4 is 11.3 Å². The van der Waals surface area contributed by atoms with Gasteiger partial charge in [0.1, 0.15) is 12.1 Å². The highest BCUT2D eigenvalue weighted by Crippen LogP contribution is 2.07. The quantitative estimate of drug-likeness (QED) is 0.524. The second-order valence-electron chi connectivity index (χ2n) is 2.81. The molecule has 6 heteroatoms. The van der Waals surface area contributed by atoms with Crippen LogP contribution in [0.4, 0.5) is 5.82 Å². The molecule has 3 N–H and O–H groups in total. The Morgan fingerprint density at radius 3 is 2.93 bits per heavy atom. The van der Waals surface area contributed by atoms with Gasteiger partial charge in [-0.1, -0.05) is 0 Å². The molecule has 72 valence electrons. The van der Waals surface area contributed by atoms with E-state index in [0.29, 0.717) is 11.6 Å². The number of nitrogens with two attached hydrogens (primary N) is 1. The van der Waals surface area contributed by atoms with Gasteiger partial charge in [0.25, 0.3) is 0 Å². The minimum Gasteiger partial charge on any atom is -0.308 e. The molecule has 0 aliphatic heterocycles. The van der Waals surface area contributed by atoms with E-state index in [9.17, 15) is 0 Å². The molecule has 2 rings (SSSR count). The summed E-state index contributed by atoms with van der Waals surface area (Å²) in [6.45, 7) is 1.92. The van der Waals surface area contributed by atoms with E-state index in [4.69, 9.17) is 5.84 Å². The fraction of sp³-hybridized carbons (Fsp3) is 0.125. The number of nitrogens with zero attached hydrogens (tertiary/aromatic N) is 4. The lowest BCUT2D eigenvalue weighted by atomic mass is 10.5. The molecule has 2 heterocycles. The van der Waals surface area contributed by atoms with Crippen molar-refractivity contribution in [3.05, 3.63) is 30.4 Å². The lowest BCUT2D eigenvalue weighted by molar-refractivity contribution is 0.826. The van der Waals surface area contributed by atoms with Gasteiger partial charge < -0.3 is 5.43 Å². The third kappa shape index (κ3) is 1.55. The Bertz CT molecular complexity index is 435. The summed E-state index contributed by atoms with van der Waals surface area (Å²) in [5.41, 5.74) is 3.39. The van der Waals surface area contributed by atoms with E-state index in [1.165, 1.54) is 6.33 Å². The number of aryl methyl sites for hydroxylation is 1. The van der Waals surface area contributed by atoms with Gasteiger partial charge in [0.15, 0.2) is 5.82 Å². The van der Waals surface area contributed by atoms with Gasteiger partial charge in [-0.05, 0) is 13.0 Å². The van der Waals surface area contributed by atoms with E-state index >= 15 is 0 Å². The van der Waals surface area contributed by atoms with Gasteiger partial charge in [0.2, 0.25) is 0 Å². The average Bonchev–Trinajstić information content (AvgIpc) is 2.65. The number of hydrogen-bond donors (Lipinski definition) is 2. The second kappa shape index (κ2) is 3.43. The van der Waals surface area contributed by atoms with Crippen LogP contribution in [0.3, 0.4) is 0 Å². The third-order valence-corrected chi connectivity index (χ3v) is 1.76. The van der Waals surface area contributed by atoms with Gasteiger partial charge >= 0.3 is 0 Å². The van der Waals surface area contributed by atoms with Crippen molar-refractivity contribution < 1.29 is 0 Å². The molecule has 0 unspecified atom stereocenters. The van der Waals surface area contributed by atoms with Crippen LogP contribution in [0.25, 0.3) is 5.82 Å². The monoisotopic (exact) mass is 190 g/mol. The first-order valence-electron chi connectivity index (χ1n) is 4.11. The van der Waals surface area contributed by atoms with Crippen LogP contribution in [0.2, 0.25) is 0 Å². The second-order valence-corrected chi connectivity index (χ2v) is 2.81. The van der Waals surface area contributed by atoms with Crippen LogP contribution >= 0.6 is 0 Å². The Kier molecular flexibility index (Phi) is 2.11. The van der Waals surface area contributed by atoms with Crippen LogP contribution in [0.15, 0.2) is 24.7 Å². The first-order valence-corrected chi connectivity index (χ1v) is 4.11. The molecule has 0 spiro atoms. The number of aromatic nitrogens is 4. The number of nitrogens with one attached hydrogen (secondary N) is 1. The Morgan fingerprint density at radius 2 is 2.29 bits per heavy atom. The number of hydrogen-bond acceptors (Lipinski definition) is 5. The Morgan fingerprint density at radius 1 is 1.43 bits per heavy atom. The van der Waals surface area contributed by atoms with Gasteiger partial charge in [0.05, 0.1) is 5.69 Å². The molecule has 0 fully saturated rings. The van der Waals surface area contributed by atoms with Gasteiger partial charge in [-0.15, -0.1) is 0 Å². The van der Waals surface area contributed by atoms with Gasteiger partial charge in [-0.25, -0.2) is 20.5 Å². The highest BCUT2D eigenvalue weighted by Gasteiger charge is 2.00. The summed E-state index contributed by atoms with van der Waals surface area (Å²) < 4.78 is 1.66. The van der Waals surface area contributed by atoms with Crippen molar-refractivity contribution in [3.63, 3.8) is 0 Å². The fourth-order valence-corrected chi connectivity index (χ4v) is 1.09. The summed E-state index contributed by atoms with van der Waals surface area (Å²) >= 11 is 0. The third-order valence-electron chi connectivity index (χ3n) is 1.76. The predicted octanol–water partition coefficient (Wildman–Crippen LogP) is 0.256. The highest BCUT2D eigenvalue weighted by atomic mass is 15.3. The topological polar surface area (TPSA) is 81.7 Å². The smallest absolute Gasteiger partial charge is 0.158 e. The number of nitrogen functional groups attached to an aromatic ring is 1. The van der Waals surface area contributed by atoms with E-state index < -0.39 is 0 Å². The van der Waals surface area contributed by atoms with Crippen molar-refractivity contribution in [1.29, 1.82) is 0 Å². The van der Waals surface area contributed by atoms with Crippen LogP contribution in [-0.4, -0.2) is 19.7 Å².